The van der Waals surface area contributed by atoms with Gasteiger partial charge in [-0.3, -0.25) is 9.59 Å². The Kier molecular flexibility index (Phi) is 10.2. The highest BCUT2D eigenvalue weighted by molar-refractivity contribution is 5.86. The Morgan fingerprint density at radius 1 is 1.39 bits per heavy atom. The number of unbranched alkanes of at least 4 members (excludes halogenated alkanes) is 3. The summed E-state index contributed by atoms with van der Waals surface area (Å²) in [6.45, 7) is 3.78. The number of amides is 1. The lowest BCUT2D eigenvalue weighted by Gasteiger charge is -2.22. The third-order valence-electron chi connectivity index (χ3n) is 4.91. The molecule has 1 rings (SSSR count). The van der Waals surface area contributed by atoms with Crippen molar-refractivity contribution in [3.05, 3.63) is 12.2 Å². The summed E-state index contributed by atoms with van der Waals surface area (Å²) in [7, 11) is 1.34. The van der Waals surface area contributed by atoms with Crippen LogP contribution in [0.1, 0.15) is 58.8 Å². The van der Waals surface area contributed by atoms with Gasteiger partial charge in [0.05, 0.1) is 19.3 Å². The Balaban J connectivity index is 2.55. The summed E-state index contributed by atoms with van der Waals surface area (Å²) >= 11 is 0. The number of alkyl halides is 2. The molecule has 1 fully saturated rings. The van der Waals surface area contributed by atoms with Gasteiger partial charge < -0.3 is 14.7 Å². The minimum atomic E-state index is -3.37. The lowest BCUT2D eigenvalue weighted by Crippen LogP contribution is -2.36. The van der Waals surface area contributed by atoms with Crippen LogP contribution in [0.15, 0.2) is 12.2 Å². The van der Waals surface area contributed by atoms with Crippen LogP contribution in [0.4, 0.5) is 8.78 Å². The predicted octanol–water partition coefficient (Wildman–Crippen LogP) is 3.31. The van der Waals surface area contributed by atoms with Crippen LogP contribution in [0.3, 0.4) is 0 Å². The van der Waals surface area contributed by atoms with Crippen molar-refractivity contribution in [2.75, 3.05) is 13.7 Å². The lowest BCUT2D eigenvalue weighted by atomic mass is 10.00. The lowest BCUT2D eigenvalue weighted by molar-refractivity contribution is -0.148. The molecule has 1 heterocycles. The molecule has 0 radical (unpaired) electrons. The molecule has 1 aliphatic heterocycles. The molecule has 1 N–H and O–H groups in total. The van der Waals surface area contributed by atoms with Gasteiger partial charge in [-0.1, -0.05) is 31.9 Å². The van der Waals surface area contributed by atoms with Gasteiger partial charge in [0.2, 0.25) is 0 Å². The number of halogens is 2. The van der Waals surface area contributed by atoms with Gasteiger partial charge >= 0.3 is 11.9 Å². The molecule has 0 aromatic rings. The van der Waals surface area contributed by atoms with Crippen LogP contribution in [0.2, 0.25) is 0 Å². The fourth-order valence-corrected chi connectivity index (χ4v) is 3.08. The number of aliphatic hydroxyl groups is 1. The minimum Gasteiger partial charge on any atom is -0.469 e. The van der Waals surface area contributed by atoms with Gasteiger partial charge in [-0.25, -0.2) is 0 Å². The van der Waals surface area contributed by atoms with Crippen molar-refractivity contribution in [2.24, 2.45) is 5.92 Å². The Morgan fingerprint density at radius 2 is 2.07 bits per heavy atom. The van der Waals surface area contributed by atoms with E-state index in [2.05, 4.69) is 16.6 Å². The van der Waals surface area contributed by atoms with E-state index in [9.17, 15) is 23.5 Å². The molecule has 28 heavy (non-hydrogen) atoms. The summed E-state index contributed by atoms with van der Waals surface area (Å²) in [4.78, 5) is 24.3. The fourth-order valence-electron chi connectivity index (χ4n) is 3.08. The molecule has 0 spiro atoms. The fraction of sp³-hybridized carbons (Fsp3) is 0.714. The number of methoxy groups -OCH3 is 1. The Bertz CT molecular complexity index is 609. The third kappa shape index (κ3) is 7.59. The first-order valence-electron chi connectivity index (χ1n) is 9.74. The number of ether oxygens (including phenoxy) is 1. The van der Waals surface area contributed by atoms with Gasteiger partial charge in [0, 0.05) is 25.8 Å². The number of hydrogen-bond acceptors (Lipinski definition) is 4. The highest BCUT2D eigenvalue weighted by atomic mass is 19.3. The molecule has 5 nitrogen and oxygen atoms in total. The van der Waals surface area contributed by atoms with Crippen molar-refractivity contribution in [3.8, 4) is 11.8 Å². The molecule has 1 aliphatic rings. The molecular formula is C21H31F2NO4. The maximum Gasteiger partial charge on any atom is 0.327 e. The smallest absolute Gasteiger partial charge is 0.327 e. The zero-order valence-electron chi connectivity index (χ0n) is 16.9. The topological polar surface area (TPSA) is 66.8 Å². The minimum absolute atomic E-state index is 0.121. The van der Waals surface area contributed by atoms with E-state index in [0.29, 0.717) is 25.7 Å². The zero-order chi connectivity index (χ0) is 21.2. The van der Waals surface area contributed by atoms with Crippen molar-refractivity contribution in [1.82, 2.24) is 4.90 Å². The van der Waals surface area contributed by atoms with Crippen molar-refractivity contribution < 1.29 is 28.2 Å². The number of esters is 1. The second kappa shape index (κ2) is 11.8. The van der Waals surface area contributed by atoms with Crippen LogP contribution in [0, 0.1) is 17.8 Å². The van der Waals surface area contributed by atoms with E-state index >= 15 is 0 Å². The van der Waals surface area contributed by atoms with E-state index in [1.165, 1.54) is 24.2 Å². The summed E-state index contributed by atoms with van der Waals surface area (Å²) in [6, 6.07) is -0.725. The van der Waals surface area contributed by atoms with Crippen LogP contribution in [0.25, 0.3) is 0 Å². The van der Waals surface area contributed by atoms with Crippen LogP contribution >= 0.6 is 0 Å². The molecule has 7 heteroatoms. The Labute approximate surface area is 166 Å². The molecule has 0 saturated carbocycles. The highest BCUT2D eigenvalue weighted by Crippen LogP contribution is 2.34. The third-order valence-corrected chi connectivity index (χ3v) is 4.91. The second-order valence-corrected chi connectivity index (χ2v) is 7.20. The SMILES string of the molecule is CC#CCC(C)[C@H](O)C=C[C@H]1CC(F)(F)C(=O)N1CCCCCCC(=O)OC. The number of carbonyl (C=O) groups excluding carboxylic acids is 2. The predicted molar refractivity (Wildman–Crippen MR) is 103 cm³/mol. The summed E-state index contributed by atoms with van der Waals surface area (Å²) in [5.41, 5.74) is 0. The summed E-state index contributed by atoms with van der Waals surface area (Å²) < 4.78 is 32.3. The molecule has 1 saturated heterocycles. The highest BCUT2D eigenvalue weighted by Gasteiger charge is 2.52. The quantitative estimate of drug-likeness (QED) is 0.251. The molecule has 0 aliphatic carbocycles. The van der Waals surface area contributed by atoms with Crippen LogP contribution in [-0.2, 0) is 14.3 Å². The average Bonchev–Trinajstić information content (AvgIpc) is 2.89. The van der Waals surface area contributed by atoms with E-state index in [-0.39, 0.29) is 18.4 Å². The zero-order valence-corrected chi connectivity index (χ0v) is 16.9. The molecule has 0 aromatic carbocycles. The van der Waals surface area contributed by atoms with E-state index in [4.69, 9.17) is 0 Å². The van der Waals surface area contributed by atoms with Crippen LogP contribution in [-0.4, -0.2) is 53.6 Å². The number of hydrogen-bond donors (Lipinski definition) is 1. The Hall–Kier alpha value is -1.94. The molecular weight excluding hydrogens is 368 g/mol. The van der Waals surface area contributed by atoms with Gasteiger partial charge in [-0.2, -0.15) is 8.78 Å². The monoisotopic (exact) mass is 399 g/mol. The molecule has 158 valence electrons. The number of likely N-dealkylation sites (tertiary alicyclic amines) is 1. The summed E-state index contributed by atoms with van der Waals surface area (Å²) in [5, 5.41) is 10.1. The first-order chi connectivity index (χ1) is 13.2. The van der Waals surface area contributed by atoms with Gasteiger partial charge in [0.15, 0.2) is 0 Å². The van der Waals surface area contributed by atoms with Gasteiger partial charge in [-0.15, -0.1) is 11.8 Å². The standard InChI is InChI=1S/C21H31F2NO4/c1-4-5-10-16(2)18(25)13-12-17-15-21(22,23)20(27)24(17)14-9-7-6-8-11-19(26)28-3/h12-13,16-18,25H,6-11,14-15H2,1-3H3/t16?,17-,18+/m0/s1. The second-order valence-electron chi connectivity index (χ2n) is 7.20. The van der Waals surface area contributed by atoms with E-state index < -0.39 is 30.4 Å². The van der Waals surface area contributed by atoms with Crippen molar-refractivity contribution in [1.29, 1.82) is 0 Å². The van der Waals surface area contributed by atoms with Crippen LogP contribution < -0.4 is 0 Å². The van der Waals surface area contributed by atoms with Crippen molar-refractivity contribution >= 4 is 11.9 Å². The number of rotatable bonds is 11. The first-order valence-corrected chi connectivity index (χ1v) is 9.74. The molecule has 0 aromatic heterocycles. The van der Waals surface area contributed by atoms with E-state index in [0.717, 1.165) is 12.8 Å². The van der Waals surface area contributed by atoms with Crippen molar-refractivity contribution in [3.63, 3.8) is 0 Å². The van der Waals surface area contributed by atoms with Gasteiger partial charge in [-0.05, 0) is 25.7 Å². The van der Waals surface area contributed by atoms with Crippen molar-refractivity contribution in [2.45, 2.75) is 76.9 Å². The van der Waals surface area contributed by atoms with Crippen LogP contribution in [0.5, 0.6) is 0 Å². The number of carbonyl (C=O) groups is 2. The molecule has 1 unspecified atom stereocenters. The van der Waals surface area contributed by atoms with E-state index in [1.807, 2.05) is 6.92 Å². The molecule has 1 amide bonds. The Morgan fingerprint density at radius 3 is 2.71 bits per heavy atom. The molecule has 0 bridgehead atoms. The normalized spacial score (nSPS) is 20.7. The molecule has 3 atom stereocenters. The van der Waals surface area contributed by atoms with Gasteiger partial charge in [0.25, 0.3) is 5.91 Å². The average molecular weight is 399 g/mol. The largest absolute Gasteiger partial charge is 0.469 e. The number of aliphatic hydroxyl groups excluding tert-OH is 1. The maximum absolute atomic E-state index is 13.9. The summed E-state index contributed by atoms with van der Waals surface area (Å²) in [5.74, 6) is 0.728. The first kappa shape index (κ1) is 24.1. The summed E-state index contributed by atoms with van der Waals surface area (Å²) in [6.07, 6.45) is 5.23. The van der Waals surface area contributed by atoms with E-state index in [1.54, 1.807) is 6.92 Å². The maximum atomic E-state index is 13.9. The van der Waals surface area contributed by atoms with Gasteiger partial charge in [0.1, 0.15) is 0 Å². The number of nitrogens with zero attached hydrogens (tertiary/aromatic N) is 1.